The van der Waals surface area contributed by atoms with Crippen LogP contribution in [-0.4, -0.2) is 25.2 Å². The summed E-state index contributed by atoms with van der Waals surface area (Å²) in [4.78, 5) is 24.8. The van der Waals surface area contributed by atoms with Gasteiger partial charge in [-0.2, -0.15) is 0 Å². The van der Waals surface area contributed by atoms with E-state index in [-0.39, 0.29) is 37.5 Å². The first-order valence-electron chi connectivity index (χ1n) is 9.22. The number of hydrogen-bond donors (Lipinski definition) is 0. The molecule has 0 spiro atoms. The van der Waals surface area contributed by atoms with Crippen LogP contribution in [0, 0.1) is 5.92 Å². The lowest BCUT2D eigenvalue weighted by atomic mass is 9.97. The van der Waals surface area contributed by atoms with Crippen LogP contribution in [0.25, 0.3) is 11.0 Å². The Morgan fingerprint density at radius 2 is 1.86 bits per heavy atom. The molecule has 1 atom stereocenters. The summed E-state index contributed by atoms with van der Waals surface area (Å²) in [5.74, 6) is -0.452. The number of carbonyl (C=O) groups excluding carboxylic acids is 2. The minimum Gasteiger partial charge on any atom is -0.492 e. The molecule has 4 rings (SSSR count). The van der Waals surface area contributed by atoms with E-state index in [4.69, 9.17) is 18.6 Å². The van der Waals surface area contributed by atoms with E-state index in [2.05, 4.69) is 0 Å². The van der Waals surface area contributed by atoms with Crippen LogP contribution in [0.15, 0.2) is 52.9 Å². The van der Waals surface area contributed by atoms with Crippen molar-refractivity contribution in [2.24, 2.45) is 5.92 Å². The van der Waals surface area contributed by atoms with E-state index in [0.29, 0.717) is 17.6 Å². The van der Waals surface area contributed by atoms with E-state index in [1.807, 2.05) is 42.5 Å². The molecule has 3 aromatic rings. The van der Waals surface area contributed by atoms with Gasteiger partial charge in [0.15, 0.2) is 0 Å². The van der Waals surface area contributed by atoms with Crippen molar-refractivity contribution in [1.29, 1.82) is 0 Å². The molecule has 2 aromatic carbocycles. The van der Waals surface area contributed by atoms with Crippen LogP contribution in [0.4, 0.5) is 0 Å². The van der Waals surface area contributed by atoms with Gasteiger partial charge in [0.1, 0.15) is 24.5 Å². The molecule has 0 saturated carbocycles. The van der Waals surface area contributed by atoms with Crippen LogP contribution in [0.3, 0.4) is 0 Å². The van der Waals surface area contributed by atoms with Gasteiger partial charge in [0.05, 0.1) is 18.1 Å². The van der Waals surface area contributed by atoms with Crippen LogP contribution in [0.5, 0.6) is 5.75 Å². The molecule has 0 fully saturated rings. The molecule has 0 radical (unpaired) electrons. The summed E-state index contributed by atoms with van der Waals surface area (Å²) >= 11 is 0. The van der Waals surface area contributed by atoms with E-state index >= 15 is 0 Å². The molecule has 1 aromatic heterocycles. The summed E-state index contributed by atoms with van der Waals surface area (Å²) in [5, 5.41) is 0.726. The number of hydrogen-bond acceptors (Lipinski definition) is 6. The highest BCUT2D eigenvalue weighted by Gasteiger charge is 2.28. The maximum Gasteiger partial charge on any atom is 0.374 e. The largest absolute Gasteiger partial charge is 0.492 e. The number of ether oxygens (including phenoxy) is 3. The van der Waals surface area contributed by atoms with Crippen molar-refractivity contribution in [3.05, 3.63) is 65.4 Å². The molecule has 1 unspecified atom stereocenters. The van der Waals surface area contributed by atoms with Gasteiger partial charge >= 0.3 is 11.9 Å². The molecule has 2 heterocycles. The molecule has 1 aliphatic heterocycles. The SMILES string of the molecule is CCOC(=O)c1oc2ccccc2c1COC(=O)C1COc2ccccc2C1. The Kier molecular flexibility index (Phi) is 5.02. The second-order valence-corrected chi connectivity index (χ2v) is 6.55. The molecule has 144 valence electrons. The fourth-order valence-corrected chi connectivity index (χ4v) is 3.34. The Hall–Kier alpha value is -3.28. The van der Waals surface area contributed by atoms with Gasteiger partial charge in [0.2, 0.25) is 5.76 Å². The molecule has 0 bridgehead atoms. The minimum atomic E-state index is -0.570. The number of benzene rings is 2. The molecule has 6 nitrogen and oxygen atoms in total. The van der Waals surface area contributed by atoms with Crippen molar-refractivity contribution in [3.8, 4) is 5.75 Å². The van der Waals surface area contributed by atoms with Crippen molar-refractivity contribution in [1.82, 2.24) is 0 Å². The highest BCUT2D eigenvalue weighted by molar-refractivity contribution is 5.96. The van der Waals surface area contributed by atoms with Crippen molar-refractivity contribution < 1.29 is 28.2 Å². The highest BCUT2D eigenvalue weighted by atomic mass is 16.6. The van der Waals surface area contributed by atoms with Gasteiger partial charge in [0, 0.05) is 5.39 Å². The summed E-state index contributed by atoms with van der Waals surface area (Å²) in [7, 11) is 0. The van der Waals surface area contributed by atoms with Crippen LogP contribution in [-0.2, 0) is 27.3 Å². The zero-order valence-electron chi connectivity index (χ0n) is 15.5. The van der Waals surface area contributed by atoms with Gasteiger partial charge in [-0.15, -0.1) is 0 Å². The average Bonchev–Trinajstić information content (AvgIpc) is 3.10. The third-order valence-corrected chi connectivity index (χ3v) is 4.73. The van der Waals surface area contributed by atoms with Gasteiger partial charge in [-0.3, -0.25) is 4.79 Å². The third kappa shape index (κ3) is 3.45. The van der Waals surface area contributed by atoms with Gasteiger partial charge in [-0.05, 0) is 31.0 Å². The Labute approximate surface area is 162 Å². The lowest BCUT2D eigenvalue weighted by molar-refractivity contribution is -0.151. The number of fused-ring (bicyclic) bond motifs is 2. The molecule has 6 heteroatoms. The fraction of sp³-hybridized carbons (Fsp3) is 0.273. The average molecular weight is 380 g/mol. The first kappa shape index (κ1) is 18.1. The highest BCUT2D eigenvalue weighted by Crippen LogP contribution is 2.30. The predicted octanol–water partition coefficient (Wildman–Crippen LogP) is 3.90. The van der Waals surface area contributed by atoms with Gasteiger partial charge in [-0.25, -0.2) is 4.79 Å². The topological polar surface area (TPSA) is 75.0 Å². The minimum absolute atomic E-state index is 0.0673. The summed E-state index contributed by atoms with van der Waals surface area (Å²) in [6.07, 6.45) is 0.561. The number of carbonyl (C=O) groups is 2. The van der Waals surface area contributed by atoms with Crippen LogP contribution < -0.4 is 4.74 Å². The number of para-hydroxylation sites is 2. The molecular weight excluding hydrogens is 360 g/mol. The van der Waals surface area contributed by atoms with Crippen molar-refractivity contribution in [2.45, 2.75) is 20.0 Å². The molecule has 0 aliphatic carbocycles. The maximum absolute atomic E-state index is 12.6. The van der Waals surface area contributed by atoms with Crippen molar-refractivity contribution >= 4 is 22.9 Å². The Morgan fingerprint density at radius 1 is 1.07 bits per heavy atom. The standard InChI is InChI=1S/C22H20O6/c1-2-25-22(24)20-17(16-8-4-6-10-19(16)28-20)13-27-21(23)15-11-14-7-3-5-9-18(14)26-12-15/h3-10,15H,2,11-13H2,1H3. The van der Waals surface area contributed by atoms with Crippen molar-refractivity contribution in [3.63, 3.8) is 0 Å². The zero-order valence-corrected chi connectivity index (χ0v) is 15.5. The van der Waals surface area contributed by atoms with E-state index in [9.17, 15) is 9.59 Å². The van der Waals surface area contributed by atoms with Gasteiger partial charge in [-0.1, -0.05) is 36.4 Å². The van der Waals surface area contributed by atoms with Crippen LogP contribution in [0.2, 0.25) is 0 Å². The molecule has 28 heavy (non-hydrogen) atoms. The Bertz CT molecular complexity index is 1020. The molecule has 0 amide bonds. The predicted molar refractivity (Wildman–Crippen MR) is 101 cm³/mol. The zero-order chi connectivity index (χ0) is 19.5. The van der Waals surface area contributed by atoms with E-state index in [0.717, 1.165) is 16.7 Å². The second-order valence-electron chi connectivity index (χ2n) is 6.55. The van der Waals surface area contributed by atoms with Crippen LogP contribution >= 0.6 is 0 Å². The summed E-state index contributed by atoms with van der Waals surface area (Å²) in [6, 6.07) is 14.9. The maximum atomic E-state index is 12.6. The third-order valence-electron chi connectivity index (χ3n) is 4.73. The lowest BCUT2D eigenvalue weighted by Gasteiger charge is -2.23. The molecule has 0 N–H and O–H groups in total. The Balaban J connectivity index is 1.52. The normalized spacial score (nSPS) is 15.5. The van der Waals surface area contributed by atoms with Gasteiger partial charge < -0.3 is 18.6 Å². The first-order valence-corrected chi connectivity index (χ1v) is 9.22. The number of esters is 2. The van der Waals surface area contributed by atoms with E-state index in [1.165, 1.54) is 0 Å². The number of furan rings is 1. The van der Waals surface area contributed by atoms with Gasteiger partial charge in [0.25, 0.3) is 0 Å². The van der Waals surface area contributed by atoms with Crippen LogP contribution in [0.1, 0.15) is 28.6 Å². The monoisotopic (exact) mass is 380 g/mol. The number of rotatable bonds is 5. The summed E-state index contributed by atoms with van der Waals surface area (Å²) in [5.41, 5.74) is 2.04. The van der Waals surface area contributed by atoms with E-state index < -0.39 is 5.97 Å². The molecular formula is C22H20O6. The fourth-order valence-electron chi connectivity index (χ4n) is 3.34. The summed E-state index contributed by atoms with van der Waals surface area (Å²) in [6.45, 7) is 2.16. The smallest absolute Gasteiger partial charge is 0.374 e. The second kappa shape index (κ2) is 7.76. The van der Waals surface area contributed by atoms with E-state index in [1.54, 1.807) is 13.0 Å². The molecule has 1 aliphatic rings. The molecule has 0 saturated heterocycles. The van der Waals surface area contributed by atoms with Crippen molar-refractivity contribution in [2.75, 3.05) is 13.2 Å². The first-order chi connectivity index (χ1) is 13.7. The quantitative estimate of drug-likeness (QED) is 0.625. The Morgan fingerprint density at radius 3 is 2.71 bits per heavy atom. The summed E-state index contributed by atoms with van der Waals surface area (Å²) < 4.78 is 21.9. The lowest BCUT2D eigenvalue weighted by Crippen LogP contribution is -2.29.